The van der Waals surface area contributed by atoms with E-state index in [1.807, 2.05) is 11.9 Å². The topological polar surface area (TPSA) is 74.5 Å². The number of pyridine rings is 1. The second-order valence-corrected chi connectivity index (χ2v) is 4.64. The zero-order chi connectivity index (χ0) is 13.7. The molecule has 0 unspecified atom stereocenters. The SMILES string of the molecule is CN(CC(=O)N(C)C)Cc1nc(NN)ccc1Cl. The van der Waals surface area contributed by atoms with Crippen molar-refractivity contribution >= 4 is 23.3 Å². The Hall–Kier alpha value is -1.37. The molecule has 1 heterocycles. The van der Waals surface area contributed by atoms with E-state index in [9.17, 15) is 4.79 Å². The number of nitrogens with two attached hydrogens (primary N) is 1. The molecule has 0 spiro atoms. The van der Waals surface area contributed by atoms with Gasteiger partial charge in [0.25, 0.3) is 0 Å². The second kappa shape index (κ2) is 6.53. The van der Waals surface area contributed by atoms with Gasteiger partial charge in [-0.15, -0.1) is 0 Å². The molecule has 0 atom stereocenters. The Morgan fingerprint density at radius 2 is 2.11 bits per heavy atom. The van der Waals surface area contributed by atoms with E-state index in [-0.39, 0.29) is 5.91 Å². The molecule has 18 heavy (non-hydrogen) atoms. The number of hydrogen-bond acceptors (Lipinski definition) is 5. The minimum Gasteiger partial charge on any atom is -0.348 e. The van der Waals surface area contributed by atoms with Crippen LogP contribution in [0, 0.1) is 0 Å². The van der Waals surface area contributed by atoms with Crippen LogP contribution < -0.4 is 11.3 Å². The molecular formula is C11H18ClN5O. The molecule has 0 fully saturated rings. The Morgan fingerprint density at radius 1 is 1.44 bits per heavy atom. The first-order valence-corrected chi connectivity index (χ1v) is 5.82. The van der Waals surface area contributed by atoms with Crippen molar-refractivity contribution < 1.29 is 4.79 Å². The lowest BCUT2D eigenvalue weighted by molar-refractivity contribution is -0.129. The first kappa shape index (κ1) is 14.7. The number of nitrogens with one attached hydrogen (secondary N) is 1. The Kier molecular flexibility index (Phi) is 5.33. The summed E-state index contributed by atoms with van der Waals surface area (Å²) in [5.41, 5.74) is 3.15. The van der Waals surface area contributed by atoms with E-state index in [0.717, 1.165) is 0 Å². The van der Waals surface area contributed by atoms with Crippen LogP contribution in [0.5, 0.6) is 0 Å². The average molecular weight is 272 g/mol. The predicted molar refractivity (Wildman–Crippen MR) is 72.1 cm³/mol. The average Bonchev–Trinajstić information content (AvgIpc) is 2.31. The number of halogens is 1. The summed E-state index contributed by atoms with van der Waals surface area (Å²) in [5, 5.41) is 0.554. The first-order valence-electron chi connectivity index (χ1n) is 5.44. The maximum atomic E-state index is 11.6. The number of likely N-dealkylation sites (N-methyl/N-ethyl adjacent to an activating group) is 2. The molecule has 0 aliphatic rings. The van der Waals surface area contributed by atoms with Crippen LogP contribution in [-0.4, -0.2) is 48.4 Å². The van der Waals surface area contributed by atoms with Crippen LogP contribution in [0.25, 0.3) is 0 Å². The number of hydrazine groups is 1. The van der Waals surface area contributed by atoms with Gasteiger partial charge in [-0.05, 0) is 19.2 Å². The number of anilines is 1. The lowest BCUT2D eigenvalue weighted by Crippen LogP contribution is -2.34. The molecular weight excluding hydrogens is 254 g/mol. The van der Waals surface area contributed by atoms with Crippen molar-refractivity contribution in [3.63, 3.8) is 0 Å². The number of rotatable bonds is 5. The summed E-state index contributed by atoms with van der Waals surface area (Å²) in [7, 11) is 5.28. The number of carbonyl (C=O) groups is 1. The predicted octanol–water partition coefficient (Wildman–Crippen LogP) is 0.541. The van der Waals surface area contributed by atoms with E-state index in [0.29, 0.717) is 29.6 Å². The molecule has 0 saturated carbocycles. The highest BCUT2D eigenvalue weighted by Crippen LogP contribution is 2.17. The van der Waals surface area contributed by atoms with E-state index in [1.165, 1.54) is 0 Å². The van der Waals surface area contributed by atoms with E-state index in [2.05, 4.69) is 10.4 Å². The monoisotopic (exact) mass is 271 g/mol. The molecule has 7 heteroatoms. The normalized spacial score (nSPS) is 10.6. The van der Waals surface area contributed by atoms with E-state index in [4.69, 9.17) is 17.4 Å². The molecule has 1 rings (SSSR count). The van der Waals surface area contributed by atoms with Gasteiger partial charge in [0.15, 0.2) is 0 Å². The van der Waals surface area contributed by atoms with Gasteiger partial charge in [-0.25, -0.2) is 10.8 Å². The Morgan fingerprint density at radius 3 is 2.67 bits per heavy atom. The van der Waals surface area contributed by atoms with Gasteiger partial charge in [0.2, 0.25) is 5.91 Å². The van der Waals surface area contributed by atoms with Crippen LogP contribution in [-0.2, 0) is 11.3 Å². The molecule has 1 aromatic rings. The smallest absolute Gasteiger partial charge is 0.236 e. The van der Waals surface area contributed by atoms with Crippen LogP contribution in [0.2, 0.25) is 5.02 Å². The molecule has 3 N–H and O–H groups in total. The Labute approximate surface area is 112 Å². The molecule has 1 aromatic heterocycles. The van der Waals surface area contributed by atoms with Crippen LogP contribution in [0.4, 0.5) is 5.82 Å². The fourth-order valence-electron chi connectivity index (χ4n) is 1.36. The van der Waals surface area contributed by atoms with Crippen molar-refractivity contribution in [2.45, 2.75) is 6.54 Å². The highest BCUT2D eigenvalue weighted by molar-refractivity contribution is 6.31. The largest absolute Gasteiger partial charge is 0.348 e. The van der Waals surface area contributed by atoms with Crippen molar-refractivity contribution in [2.75, 3.05) is 33.1 Å². The third-order valence-electron chi connectivity index (χ3n) is 2.39. The fraction of sp³-hybridized carbons (Fsp3) is 0.455. The lowest BCUT2D eigenvalue weighted by atomic mass is 10.3. The van der Waals surface area contributed by atoms with Gasteiger partial charge in [0.1, 0.15) is 5.82 Å². The van der Waals surface area contributed by atoms with Crippen molar-refractivity contribution in [2.24, 2.45) is 5.84 Å². The van der Waals surface area contributed by atoms with Gasteiger partial charge in [0, 0.05) is 20.6 Å². The minimum absolute atomic E-state index is 0.0294. The molecule has 1 amide bonds. The number of hydrogen-bond donors (Lipinski definition) is 2. The van der Waals surface area contributed by atoms with Crippen LogP contribution in [0.3, 0.4) is 0 Å². The summed E-state index contributed by atoms with van der Waals surface area (Å²) in [6.07, 6.45) is 0. The highest BCUT2D eigenvalue weighted by Gasteiger charge is 2.11. The molecule has 0 radical (unpaired) electrons. The molecule has 0 aromatic carbocycles. The summed E-state index contributed by atoms with van der Waals surface area (Å²) >= 11 is 6.04. The zero-order valence-corrected chi connectivity index (χ0v) is 11.5. The minimum atomic E-state index is 0.0294. The van der Waals surface area contributed by atoms with Gasteiger partial charge in [-0.2, -0.15) is 0 Å². The molecule has 0 saturated heterocycles. The van der Waals surface area contributed by atoms with Gasteiger partial charge < -0.3 is 10.3 Å². The van der Waals surface area contributed by atoms with Crippen molar-refractivity contribution in [1.82, 2.24) is 14.8 Å². The molecule has 6 nitrogen and oxygen atoms in total. The number of nitrogens with zero attached hydrogens (tertiary/aromatic N) is 3. The van der Waals surface area contributed by atoms with E-state index in [1.54, 1.807) is 31.1 Å². The summed E-state index contributed by atoms with van der Waals surface area (Å²) in [6, 6.07) is 3.41. The Balaban J connectivity index is 2.69. The number of aromatic nitrogens is 1. The number of amides is 1. The van der Waals surface area contributed by atoms with E-state index >= 15 is 0 Å². The summed E-state index contributed by atoms with van der Waals surface area (Å²) < 4.78 is 0. The highest BCUT2D eigenvalue weighted by atomic mass is 35.5. The van der Waals surface area contributed by atoms with Gasteiger partial charge in [-0.3, -0.25) is 9.69 Å². The third-order valence-corrected chi connectivity index (χ3v) is 2.73. The standard InChI is InChI=1S/C11H18ClN5O/c1-16(2)11(18)7-17(3)6-9-8(12)4-5-10(14-9)15-13/h4-5H,6-7,13H2,1-3H3,(H,14,15). The van der Waals surface area contributed by atoms with Gasteiger partial charge in [0.05, 0.1) is 17.3 Å². The van der Waals surface area contributed by atoms with Gasteiger partial charge in [-0.1, -0.05) is 11.6 Å². The van der Waals surface area contributed by atoms with Crippen LogP contribution in [0.1, 0.15) is 5.69 Å². The molecule has 0 bridgehead atoms. The van der Waals surface area contributed by atoms with Crippen LogP contribution >= 0.6 is 11.6 Å². The fourth-order valence-corrected chi connectivity index (χ4v) is 1.52. The van der Waals surface area contributed by atoms with Crippen molar-refractivity contribution in [1.29, 1.82) is 0 Å². The molecule has 0 aliphatic heterocycles. The van der Waals surface area contributed by atoms with Gasteiger partial charge >= 0.3 is 0 Å². The number of nitrogen functional groups attached to an aromatic ring is 1. The number of carbonyl (C=O) groups excluding carboxylic acids is 1. The Bertz CT molecular complexity index is 424. The summed E-state index contributed by atoms with van der Waals surface area (Å²) in [5.74, 6) is 5.86. The third kappa shape index (κ3) is 4.14. The molecule has 100 valence electrons. The van der Waals surface area contributed by atoms with Crippen molar-refractivity contribution in [3.05, 3.63) is 22.8 Å². The second-order valence-electron chi connectivity index (χ2n) is 4.23. The summed E-state index contributed by atoms with van der Waals surface area (Å²) in [4.78, 5) is 19.2. The zero-order valence-electron chi connectivity index (χ0n) is 10.8. The van der Waals surface area contributed by atoms with Crippen molar-refractivity contribution in [3.8, 4) is 0 Å². The maximum absolute atomic E-state index is 11.6. The quantitative estimate of drug-likeness (QED) is 0.604. The van der Waals surface area contributed by atoms with Crippen LogP contribution in [0.15, 0.2) is 12.1 Å². The summed E-state index contributed by atoms with van der Waals surface area (Å²) in [6.45, 7) is 0.791. The molecule has 0 aliphatic carbocycles. The van der Waals surface area contributed by atoms with E-state index < -0.39 is 0 Å². The maximum Gasteiger partial charge on any atom is 0.236 e. The lowest BCUT2D eigenvalue weighted by Gasteiger charge is -2.19. The first-order chi connectivity index (χ1) is 8.43.